The number of rotatable bonds is 4. The van der Waals surface area contributed by atoms with Crippen LogP contribution in [0.2, 0.25) is 5.02 Å². The van der Waals surface area contributed by atoms with Crippen LogP contribution in [0.1, 0.15) is 11.1 Å². The third-order valence-electron chi connectivity index (χ3n) is 3.54. The predicted molar refractivity (Wildman–Crippen MR) is 109 cm³/mol. The minimum atomic E-state index is -0.0486. The van der Waals surface area contributed by atoms with Crippen molar-refractivity contribution in [2.75, 3.05) is 0 Å². The summed E-state index contributed by atoms with van der Waals surface area (Å²) in [6.45, 7) is 0. The standard InChI is InChI=1S/C17H14ClN5O.2ClH/c18-13-6-5-11(17(21)22)7-12(13)15-8-14(23-24-15)9-1-3-10(4-2-9)16(19)20;;/h1-8H,(H3,19,20)(H3,21,22);2*1H. The molecule has 1 aromatic heterocycles. The molecule has 0 spiro atoms. The Morgan fingerprint density at radius 1 is 0.885 bits per heavy atom. The molecular weight excluding hydrogens is 397 g/mol. The molecule has 0 amide bonds. The fraction of sp³-hybridized carbons (Fsp3) is 0. The number of nitrogens with two attached hydrogens (primary N) is 2. The molecule has 2 aromatic carbocycles. The molecule has 6 N–H and O–H groups in total. The third kappa shape index (κ3) is 4.35. The van der Waals surface area contributed by atoms with Crippen LogP contribution in [0.15, 0.2) is 53.1 Å². The van der Waals surface area contributed by atoms with E-state index in [9.17, 15) is 0 Å². The highest BCUT2D eigenvalue weighted by atomic mass is 35.5. The second kappa shape index (κ2) is 8.71. The molecule has 0 fully saturated rings. The SMILES string of the molecule is Cl.Cl.N=C(N)c1ccc(-c2cc(-c3cc(C(=N)N)ccc3Cl)on2)cc1. The van der Waals surface area contributed by atoms with Gasteiger partial charge >= 0.3 is 0 Å². The van der Waals surface area contributed by atoms with E-state index in [2.05, 4.69) is 5.16 Å². The first-order valence-corrected chi connectivity index (χ1v) is 7.39. The summed E-state index contributed by atoms with van der Waals surface area (Å²) >= 11 is 6.21. The van der Waals surface area contributed by atoms with E-state index in [1.54, 1.807) is 36.4 Å². The van der Waals surface area contributed by atoms with Gasteiger partial charge in [-0.2, -0.15) is 0 Å². The quantitative estimate of drug-likeness (QED) is 0.380. The van der Waals surface area contributed by atoms with Crippen molar-refractivity contribution in [3.63, 3.8) is 0 Å². The Labute approximate surface area is 167 Å². The molecule has 0 saturated carbocycles. The number of nitrogen functional groups attached to an aromatic ring is 2. The smallest absolute Gasteiger partial charge is 0.169 e. The molecule has 0 saturated heterocycles. The molecule has 0 aliphatic heterocycles. The molecule has 6 nitrogen and oxygen atoms in total. The van der Waals surface area contributed by atoms with Crippen molar-refractivity contribution >= 4 is 48.1 Å². The van der Waals surface area contributed by atoms with E-state index in [0.717, 1.165) is 5.56 Å². The summed E-state index contributed by atoms with van der Waals surface area (Å²) in [5, 5.41) is 19.5. The number of nitrogens with one attached hydrogen (secondary N) is 2. The van der Waals surface area contributed by atoms with Crippen LogP contribution in [0.4, 0.5) is 0 Å². The Morgan fingerprint density at radius 2 is 1.46 bits per heavy atom. The van der Waals surface area contributed by atoms with Gasteiger partial charge in [-0.3, -0.25) is 10.8 Å². The molecule has 0 unspecified atom stereocenters. The summed E-state index contributed by atoms with van der Waals surface area (Å²) in [5.74, 6) is 0.441. The molecule has 3 aromatic rings. The van der Waals surface area contributed by atoms with Gasteiger partial charge in [0.15, 0.2) is 5.76 Å². The van der Waals surface area contributed by atoms with Gasteiger partial charge < -0.3 is 16.0 Å². The molecule has 0 atom stereocenters. The van der Waals surface area contributed by atoms with E-state index in [1.807, 2.05) is 12.1 Å². The first kappa shape index (κ1) is 21.5. The summed E-state index contributed by atoms with van der Waals surface area (Å²) < 4.78 is 5.39. The lowest BCUT2D eigenvalue weighted by Gasteiger charge is -2.03. The fourth-order valence-corrected chi connectivity index (χ4v) is 2.45. The zero-order chi connectivity index (χ0) is 17.3. The lowest BCUT2D eigenvalue weighted by molar-refractivity contribution is 0.435. The van der Waals surface area contributed by atoms with Gasteiger partial charge in [-0.1, -0.05) is 41.0 Å². The van der Waals surface area contributed by atoms with Crippen molar-refractivity contribution in [1.82, 2.24) is 5.16 Å². The number of hydrogen-bond donors (Lipinski definition) is 4. The predicted octanol–water partition coefficient (Wildman–Crippen LogP) is 4.07. The summed E-state index contributed by atoms with van der Waals surface area (Å²) in [4.78, 5) is 0. The maximum absolute atomic E-state index is 7.52. The minimum Gasteiger partial charge on any atom is -0.384 e. The Morgan fingerprint density at radius 3 is 2.04 bits per heavy atom. The molecule has 9 heteroatoms. The number of hydrogen-bond acceptors (Lipinski definition) is 4. The van der Waals surface area contributed by atoms with Crippen LogP contribution in [0, 0.1) is 10.8 Å². The normalized spacial score (nSPS) is 9.73. The average molecular weight is 413 g/mol. The Hall–Kier alpha value is -2.54. The first-order chi connectivity index (χ1) is 11.5. The maximum Gasteiger partial charge on any atom is 0.169 e. The number of benzene rings is 2. The van der Waals surface area contributed by atoms with E-state index in [-0.39, 0.29) is 36.5 Å². The van der Waals surface area contributed by atoms with Crippen LogP contribution in [0.5, 0.6) is 0 Å². The monoisotopic (exact) mass is 411 g/mol. The molecule has 0 aliphatic carbocycles. The van der Waals surface area contributed by atoms with Crippen LogP contribution in [-0.4, -0.2) is 16.8 Å². The second-order valence-electron chi connectivity index (χ2n) is 5.18. The van der Waals surface area contributed by atoms with Gasteiger partial charge in [0.05, 0.1) is 5.02 Å². The van der Waals surface area contributed by atoms with Crippen molar-refractivity contribution in [3.05, 3.63) is 64.7 Å². The van der Waals surface area contributed by atoms with Crippen molar-refractivity contribution in [3.8, 4) is 22.6 Å². The number of nitrogens with zero attached hydrogens (tertiary/aromatic N) is 1. The Bertz CT molecular complexity index is 938. The van der Waals surface area contributed by atoms with Gasteiger partial charge in [0.1, 0.15) is 17.4 Å². The van der Waals surface area contributed by atoms with Gasteiger partial charge in [0.2, 0.25) is 0 Å². The molecule has 0 aliphatic rings. The number of amidine groups is 2. The molecule has 26 heavy (non-hydrogen) atoms. The highest BCUT2D eigenvalue weighted by molar-refractivity contribution is 6.33. The molecule has 3 rings (SSSR count). The number of halogens is 3. The van der Waals surface area contributed by atoms with E-state index >= 15 is 0 Å². The van der Waals surface area contributed by atoms with Crippen LogP contribution in [-0.2, 0) is 0 Å². The zero-order valence-electron chi connectivity index (χ0n) is 13.3. The van der Waals surface area contributed by atoms with E-state index < -0.39 is 0 Å². The highest BCUT2D eigenvalue weighted by Crippen LogP contribution is 2.32. The van der Waals surface area contributed by atoms with Crippen LogP contribution in [0.25, 0.3) is 22.6 Å². The average Bonchev–Trinajstić information content (AvgIpc) is 3.05. The maximum atomic E-state index is 7.52. The molecule has 0 radical (unpaired) electrons. The van der Waals surface area contributed by atoms with Crippen LogP contribution < -0.4 is 11.5 Å². The molecule has 1 heterocycles. The minimum absolute atomic E-state index is 0. The third-order valence-corrected chi connectivity index (χ3v) is 3.87. The van der Waals surface area contributed by atoms with Gasteiger partial charge in [0.25, 0.3) is 0 Å². The topological polar surface area (TPSA) is 126 Å². The van der Waals surface area contributed by atoms with Crippen molar-refractivity contribution in [2.24, 2.45) is 11.5 Å². The lowest BCUT2D eigenvalue weighted by Crippen LogP contribution is -2.10. The van der Waals surface area contributed by atoms with Gasteiger partial charge in [-0.05, 0) is 18.2 Å². The summed E-state index contributed by atoms with van der Waals surface area (Å²) in [6.07, 6.45) is 0. The fourth-order valence-electron chi connectivity index (χ4n) is 2.24. The van der Waals surface area contributed by atoms with Gasteiger partial charge in [-0.25, -0.2) is 0 Å². The summed E-state index contributed by atoms with van der Waals surface area (Å²) in [5.41, 5.74) is 14.2. The zero-order valence-corrected chi connectivity index (χ0v) is 15.7. The van der Waals surface area contributed by atoms with Crippen LogP contribution in [0.3, 0.4) is 0 Å². The van der Waals surface area contributed by atoms with Crippen molar-refractivity contribution < 1.29 is 4.52 Å². The summed E-state index contributed by atoms with van der Waals surface area (Å²) in [6, 6.07) is 13.9. The first-order valence-electron chi connectivity index (χ1n) is 7.01. The molecule has 136 valence electrons. The molecular formula is C17H16Cl3N5O. The number of aromatic nitrogens is 1. The van der Waals surface area contributed by atoms with Crippen molar-refractivity contribution in [1.29, 1.82) is 10.8 Å². The Kier molecular flexibility index (Phi) is 7.20. The largest absolute Gasteiger partial charge is 0.384 e. The van der Waals surface area contributed by atoms with E-state index in [0.29, 0.717) is 33.2 Å². The Balaban J connectivity index is 0.00000169. The molecule has 0 bridgehead atoms. The van der Waals surface area contributed by atoms with Gasteiger partial charge in [-0.15, -0.1) is 24.8 Å². The van der Waals surface area contributed by atoms with E-state index in [1.165, 1.54) is 0 Å². The van der Waals surface area contributed by atoms with Gasteiger partial charge in [0, 0.05) is 28.3 Å². The summed E-state index contributed by atoms with van der Waals surface area (Å²) in [7, 11) is 0. The second-order valence-corrected chi connectivity index (χ2v) is 5.58. The lowest BCUT2D eigenvalue weighted by atomic mass is 10.1. The van der Waals surface area contributed by atoms with E-state index in [4.69, 9.17) is 38.4 Å². The highest BCUT2D eigenvalue weighted by Gasteiger charge is 2.13. The van der Waals surface area contributed by atoms with Crippen LogP contribution >= 0.6 is 36.4 Å². The van der Waals surface area contributed by atoms with Crippen molar-refractivity contribution in [2.45, 2.75) is 0 Å².